The fourth-order valence-electron chi connectivity index (χ4n) is 5.11. The lowest BCUT2D eigenvalue weighted by atomic mass is 10.0. The summed E-state index contributed by atoms with van der Waals surface area (Å²) in [4.78, 5) is 26.2. The van der Waals surface area contributed by atoms with E-state index in [9.17, 15) is 14.7 Å². The van der Waals surface area contributed by atoms with Gasteiger partial charge in [0.05, 0.1) is 30.2 Å². The molecule has 0 aromatic heterocycles. The summed E-state index contributed by atoms with van der Waals surface area (Å²) in [7, 11) is 0. The molecule has 45 heavy (non-hydrogen) atoms. The Hall–Kier alpha value is -4.15. The van der Waals surface area contributed by atoms with E-state index in [1.807, 2.05) is 78.9 Å². The first kappa shape index (κ1) is 32.2. The first-order valence-corrected chi connectivity index (χ1v) is 16.2. The van der Waals surface area contributed by atoms with Crippen LogP contribution in [-0.2, 0) is 25.7 Å². The van der Waals surface area contributed by atoms with Crippen molar-refractivity contribution < 1.29 is 24.2 Å². The van der Waals surface area contributed by atoms with Gasteiger partial charge in [-0.3, -0.25) is 9.59 Å². The van der Waals surface area contributed by atoms with Crippen LogP contribution in [0.15, 0.2) is 108 Å². The Morgan fingerprint density at radius 1 is 0.800 bits per heavy atom. The van der Waals surface area contributed by atoms with E-state index < -0.39 is 6.29 Å². The van der Waals surface area contributed by atoms with Crippen LogP contribution in [0.4, 0.5) is 17.1 Å². The van der Waals surface area contributed by atoms with Crippen molar-refractivity contribution in [3.63, 3.8) is 0 Å². The van der Waals surface area contributed by atoms with Crippen LogP contribution in [0.25, 0.3) is 0 Å². The maximum Gasteiger partial charge on any atom is 0.224 e. The van der Waals surface area contributed by atoms with Crippen molar-refractivity contribution in [3.8, 4) is 0 Å². The number of aliphatic hydroxyl groups excluding tert-OH is 1. The number of nitrogen functional groups attached to an aromatic ring is 1. The van der Waals surface area contributed by atoms with Gasteiger partial charge in [-0.15, -0.1) is 11.8 Å². The molecule has 1 aliphatic heterocycles. The SMILES string of the molecule is Nc1ccccc1NC(=O)CCCCC(=O)Nc1cccc([C@@H]2O[C@H](CSc3ccccc3)C[C@H](c3ccc(CO)cc3)O2)c1. The van der Waals surface area contributed by atoms with Gasteiger partial charge in [-0.1, -0.05) is 66.7 Å². The Morgan fingerprint density at radius 3 is 2.24 bits per heavy atom. The summed E-state index contributed by atoms with van der Waals surface area (Å²) in [5.74, 6) is 0.517. The molecule has 0 bridgehead atoms. The average Bonchev–Trinajstić information content (AvgIpc) is 3.07. The third-order valence-electron chi connectivity index (χ3n) is 7.53. The third kappa shape index (κ3) is 9.67. The maximum absolute atomic E-state index is 12.7. The molecule has 5 N–H and O–H groups in total. The second-order valence-electron chi connectivity index (χ2n) is 11.0. The average molecular weight is 626 g/mol. The second-order valence-corrected chi connectivity index (χ2v) is 12.1. The number of nitrogens with one attached hydrogen (secondary N) is 2. The van der Waals surface area contributed by atoms with Crippen LogP contribution in [0.1, 0.15) is 61.2 Å². The first-order chi connectivity index (χ1) is 22.0. The van der Waals surface area contributed by atoms with Crippen molar-refractivity contribution in [2.24, 2.45) is 0 Å². The van der Waals surface area contributed by atoms with E-state index in [4.69, 9.17) is 15.2 Å². The van der Waals surface area contributed by atoms with Gasteiger partial charge in [0.1, 0.15) is 0 Å². The fourth-order valence-corrected chi connectivity index (χ4v) is 6.05. The van der Waals surface area contributed by atoms with E-state index in [1.165, 1.54) is 4.90 Å². The number of ether oxygens (including phenoxy) is 2. The van der Waals surface area contributed by atoms with Crippen molar-refractivity contribution in [2.75, 3.05) is 22.1 Å². The van der Waals surface area contributed by atoms with Crippen LogP contribution >= 0.6 is 11.8 Å². The maximum atomic E-state index is 12.7. The first-order valence-electron chi connectivity index (χ1n) is 15.2. The van der Waals surface area contributed by atoms with Crippen LogP contribution in [0, 0.1) is 0 Å². The van der Waals surface area contributed by atoms with E-state index >= 15 is 0 Å². The van der Waals surface area contributed by atoms with Crippen molar-refractivity contribution in [3.05, 3.63) is 120 Å². The van der Waals surface area contributed by atoms with Crippen LogP contribution in [0.2, 0.25) is 0 Å². The highest BCUT2D eigenvalue weighted by molar-refractivity contribution is 7.99. The number of amides is 2. The van der Waals surface area contributed by atoms with Crippen LogP contribution in [0.3, 0.4) is 0 Å². The van der Waals surface area contributed by atoms with Gasteiger partial charge < -0.3 is 30.9 Å². The van der Waals surface area contributed by atoms with Crippen LogP contribution in [0.5, 0.6) is 0 Å². The number of unbranched alkanes of at least 4 members (excludes halogenated alkanes) is 1. The zero-order valence-electron chi connectivity index (χ0n) is 25.1. The highest BCUT2D eigenvalue weighted by Crippen LogP contribution is 2.40. The zero-order chi connectivity index (χ0) is 31.4. The molecule has 4 aromatic carbocycles. The number of aliphatic hydroxyl groups is 1. The highest BCUT2D eigenvalue weighted by atomic mass is 32.2. The van der Waals surface area contributed by atoms with Gasteiger partial charge in [-0.2, -0.15) is 0 Å². The number of hydrogen-bond acceptors (Lipinski definition) is 7. The molecule has 8 nitrogen and oxygen atoms in total. The molecule has 0 unspecified atom stereocenters. The number of hydrogen-bond donors (Lipinski definition) is 4. The molecule has 234 valence electrons. The van der Waals surface area contributed by atoms with Crippen molar-refractivity contribution >= 4 is 40.6 Å². The van der Waals surface area contributed by atoms with Crippen LogP contribution < -0.4 is 16.4 Å². The van der Waals surface area contributed by atoms with E-state index in [0.29, 0.717) is 49.2 Å². The number of para-hydroxylation sites is 2. The lowest BCUT2D eigenvalue weighted by Crippen LogP contribution is -2.31. The summed E-state index contributed by atoms with van der Waals surface area (Å²) in [6, 6.07) is 32.8. The van der Waals surface area contributed by atoms with Gasteiger partial charge in [0, 0.05) is 41.2 Å². The second kappa shape index (κ2) is 16.2. The van der Waals surface area contributed by atoms with Gasteiger partial charge >= 0.3 is 0 Å². The molecule has 5 rings (SSSR count). The van der Waals surface area contributed by atoms with E-state index in [1.54, 1.807) is 23.9 Å². The summed E-state index contributed by atoms with van der Waals surface area (Å²) in [5.41, 5.74) is 10.4. The normalized spacial score (nSPS) is 17.8. The van der Waals surface area contributed by atoms with E-state index in [-0.39, 0.29) is 30.6 Å². The molecule has 1 fully saturated rings. The molecular formula is C36H39N3O5S. The number of carbonyl (C=O) groups is 2. The largest absolute Gasteiger partial charge is 0.397 e. The summed E-state index contributed by atoms with van der Waals surface area (Å²) < 4.78 is 12.9. The van der Waals surface area contributed by atoms with Crippen molar-refractivity contribution in [1.82, 2.24) is 0 Å². The lowest BCUT2D eigenvalue weighted by Gasteiger charge is -2.36. The molecule has 4 aromatic rings. The molecule has 9 heteroatoms. The number of carbonyl (C=O) groups excluding carboxylic acids is 2. The number of thioether (sulfide) groups is 1. The van der Waals surface area contributed by atoms with Gasteiger partial charge in [0.2, 0.25) is 11.8 Å². The van der Waals surface area contributed by atoms with Crippen molar-refractivity contribution in [1.29, 1.82) is 0 Å². The third-order valence-corrected chi connectivity index (χ3v) is 8.67. The predicted molar refractivity (Wildman–Crippen MR) is 179 cm³/mol. The molecule has 0 radical (unpaired) electrons. The molecule has 1 heterocycles. The molecule has 3 atom stereocenters. The zero-order valence-corrected chi connectivity index (χ0v) is 25.9. The smallest absolute Gasteiger partial charge is 0.224 e. The highest BCUT2D eigenvalue weighted by Gasteiger charge is 2.32. The number of benzene rings is 4. The topological polar surface area (TPSA) is 123 Å². The minimum atomic E-state index is -0.614. The predicted octanol–water partition coefficient (Wildman–Crippen LogP) is 7.24. The number of rotatable bonds is 13. The minimum absolute atomic E-state index is 0.00839. The van der Waals surface area contributed by atoms with Gasteiger partial charge in [0.15, 0.2) is 6.29 Å². The molecule has 2 amide bonds. The Bertz CT molecular complexity index is 1550. The Morgan fingerprint density at radius 2 is 1.51 bits per heavy atom. The Balaban J connectivity index is 1.17. The quantitative estimate of drug-likeness (QED) is 0.0702. The molecular weight excluding hydrogens is 586 g/mol. The molecule has 1 saturated heterocycles. The standard InChI is InChI=1S/C36H39N3O5S/c37-31-13-4-5-14-32(31)39-35(42)16-7-6-15-34(41)38-28-10-8-9-27(21-28)36-43-29(24-45-30-11-2-1-3-12-30)22-33(44-36)26-19-17-25(23-40)18-20-26/h1-5,8-14,17-21,29,33,36,40H,6-7,15-16,22-24,37H2,(H,38,41)(H,39,42)/t29-,33+,36+/m0/s1. The van der Waals surface area contributed by atoms with Gasteiger partial charge in [-0.05, 0) is 60.4 Å². The summed E-state index contributed by atoms with van der Waals surface area (Å²) in [5, 5.41) is 15.3. The minimum Gasteiger partial charge on any atom is -0.397 e. The number of nitrogens with two attached hydrogens (primary N) is 1. The summed E-state index contributed by atoms with van der Waals surface area (Å²) >= 11 is 1.75. The monoisotopic (exact) mass is 625 g/mol. The molecule has 0 saturated carbocycles. The van der Waals surface area contributed by atoms with Gasteiger partial charge in [-0.25, -0.2) is 0 Å². The summed E-state index contributed by atoms with van der Waals surface area (Å²) in [6.45, 7) is -0.00839. The molecule has 0 aliphatic carbocycles. The summed E-state index contributed by atoms with van der Waals surface area (Å²) in [6.07, 6.45) is 1.59. The van der Waals surface area contributed by atoms with Crippen molar-refractivity contribution in [2.45, 2.75) is 62.1 Å². The van der Waals surface area contributed by atoms with E-state index in [2.05, 4.69) is 22.8 Å². The van der Waals surface area contributed by atoms with E-state index in [0.717, 1.165) is 22.4 Å². The van der Waals surface area contributed by atoms with Crippen LogP contribution in [-0.4, -0.2) is 28.8 Å². The Labute approximate surface area is 268 Å². The van der Waals surface area contributed by atoms with Gasteiger partial charge in [0.25, 0.3) is 0 Å². The Kier molecular flexibility index (Phi) is 11.6. The number of anilines is 3. The molecule has 1 aliphatic rings. The molecule has 0 spiro atoms. The fraction of sp³-hybridized carbons (Fsp3) is 0.278. The lowest BCUT2D eigenvalue weighted by molar-refractivity contribution is -0.245.